The molecule has 1 rings (SSSR count). The van der Waals surface area contributed by atoms with Gasteiger partial charge in [-0.05, 0) is 32.4 Å². The van der Waals surface area contributed by atoms with Gasteiger partial charge in [0.15, 0.2) is 0 Å². The molecule has 0 saturated carbocycles. The second-order valence-electron chi connectivity index (χ2n) is 2.79. The standard InChI is InChI=1S/C10H14O2/c1-4-12-9-6-5-7(2)10(11)8(9)3/h5-6,11H,4H2,1-3H3. The zero-order valence-corrected chi connectivity index (χ0v) is 7.72. The molecule has 1 N–H and O–H groups in total. The van der Waals surface area contributed by atoms with Gasteiger partial charge in [0.1, 0.15) is 11.5 Å². The van der Waals surface area contributed by atoms with Crippen LogP contribution < -0.4 is 4.74 Å². The van der Waals surface area contributed by atoms with E-state index in [1.165, 1.54) is 0 Å². The molecule has 66 valence electrons. The van der Waals surface area contributed by atoms with Crippen LogP contribution in [0.5, 0.6) is 11.5 Å². The van der Waals surface area contributed by atoms with Crippen molar-refractivity contribution in [1.29, 1.82) is 0 Å². The van der Waals surface area contributed by atoms with Crippen molar-refractivity contribution < 1.29 is 9.84 Å². The first-order valence-corrected chi connectivity index (χ1v) is 4.08. The molecular formula is C10H14O2. The van der Waals surface area contributed by atoms with Crippen molar-refractivity contribution in [2.75, 3.05) is 6.61 Å². The molecule has 0 heterocycles. The van der Waals surface area contributed by atoms with Crippen LogP contribution in [-0.2, 0) is 0 Å². The van der Waals surface area contributed by atoms with E-state index >= 15 is 0 Å². The van der Waals surface area contributed by atoms with Gasteiger partial charge in [0.05, 0.1) is 6.61 Å². The van der Waals surface area contributed by atoms with Crippen molar-refractivity contribution in [3.8, 4) is 11.5 Å². The Morgan fingerprint density at radius 2 is 2.00 bits per heavy atom. The molecule has 0 unspecified atom stereocenters. The topological polar surface area (TPSA) is 29.5 Å². The fourth-order valence-corrected chi connectivity index (χ4v) is 1.13. The number of hydrogen-bond acceptors (Lipinski definition) is 2. The molecule has 12 heavy (non-hydrogen) atoms. The molecule has 1 aromatic rings. The van der Waals surface area contributed by atoms with E-state index in [1.807, 2.05) is 32.9 Å². The molecule has 1 aromatic carbocycles. The van der Waals surface area contributed by atoms with Gasteiger partial charge in [-0.1, -0.05) is 6.07 Å². The van der Waals surface area contributed by atoms with Crippen LogP contribution in [0.4, 0.5) is 0 Å². The molecule has 0 radical (unpaired) electrons. The Hall–Kier alpha value is -1.18. The van der Waals surface area contributed by atoms with Crippen molar-refractivity contribution in [1.82, 2.24) is 0 Å². The number of phenols is 1. The van der Waals surface area contributed by atoms with Crippen molar-refractivity contribution in [3.63, 3.8) is 0 Å². The van der Waals surface area contributed by atoms with E-state index < -0.39 is 0 Å². The van der Waals surface area contributed by atoms with Gasteiger partial charge in [-0.3, -0.25) is 0 Å². The summed E-state index contributed by atoms with van der Waals surface area (Å²) in [4.78, 5) is 0. The van der Waals surface area contributed by atoms with Crippen LogP contribution in [0.3, 0.4) is 0 Å². The highest BCUT2D eigenvalue weighted by Gasteiger charge is 2.05. The lowest BCUT2D eigenvalue weighted by molar-refractivity contribution is 0.334. The normalized spacial score (nSPS) is 9.92. The summed E-state index contributed by atoms with van der Waals surface area (Å²) in [5.74, 6) is 1.10. The first kappa shape index (κ1) is 8.91. The monoisotopic (exact) mass is 166 g/mol. The minimum Gasteiger partial charge on any atom is -0.507 e. The first-order chi connectivity index (χ1) is 5.66. The lowest BCUT2D eigenvalue weighted by Gasteiger charge is -2.09. The third kappa shape index (κ3) is 1.52. The fraction of sp³-hybridized carbons (Fsp3) is 0.400. The minimum atomic E-state index is 0.334. The Bertz CT molecular complexity index is 279. The van der Waals surface area contributed by atoms with E-state index in [4.69, 9.17) is 4.74 Å². The second kappa shape index (κ2) is 3.48. The molecule has 0 aromatic heterocycles. The summed E-state index contributed by atoms with van der Waals surface area (Å²) in [5, 5.41) is 9.53. The van der Waals surface area contributed by atoms with E-state index in [0.29, 0.717) is 12.4 Å². The average Bonchev–Trinajstić information content (AvgIpc) is 2.07. The van der Waals surface area contributed by atoms with Gasteiger partial charge in [-0.25, -0.2) is 0 Å². The van der Waals surface area contributed by atoms with Crippen molar-refractivity contribution in [2.24, 2.45) is 0 Å². The minimum absolute atomic E-state index is 0.334. The van der Waals surface area contributed by atoms with Crippen molar-refractivity contribution >= 4 is 0 Å². The van der Waals surface area contributed by atoms with Gasteiger partial charge >= 0.3 is 0 Å². The maximum absolute atomic E-state index is 9.53. The summed E-state index contributed by atoms with van der Waals surface area (Å²) in [5.41, 5.74) is 1.70. The second-order valence-corrected chi connectivity index (χ2v) is 2.79. The maximum atomic E-state index is 9.53. The molecule has 2 nitrogen and oxygen atoms in total. The number of aryl methyl sites for hydroxylation is 1. The maximum Gasteiger partial charge on any atom is 0.125 e. The van der Waals surface area contributed by atoms with Gasteiger partial charge in [0, 0.05) is 5.56 Å². The van der Waals surface area contributed by atoms with E-state index in [-0.39, 0.29) is 0 Å². The van der Waals surface area contributed by atoms with Crippen LogP contribution in [0, 0.1) is 13.8 Å². The number of ether oxygens (including phenoxy) is 1. The summed E-state index contributed by atoms with van der Waals surface area (Å²) >= 11 is 0. The van der Waals surface area contributed by atoms with E-state index in [0.717, 1.165) is 16.9 Å². The largest absolute Gasteiger partial charge is 0.507 e. The molecule has 0 spiro atoms. The van der Waals surface area contributed by atoms with E-state index in [9.17, 15) is 5.11 Å². The lowest BCUT2D eigenvalue weighted by Crippen LogP contribution is -1.94. The highest BCUT2D eigenvalue weighted by Crippen LogP contribution is 2.29. The zero-order valence-electron chi connectivity index (χ0n) is 7.72. The van der Waals surface area contributed by atoms with Gasteiger partial charge in [0.2, 0.25) is 0 Å². The molecule has 0 atom stereocenters. The van der Waals surface area contributed by atoms with Crippen molar-refractivity contribution in [2.45, 2.75) is 20.8 Å². The third-order valence-electron chi connectivity index (χ3n) is 1.88. The Morgan fingerprint density at radius 3 is 2.58 bits per heavy atom. The SMILES string of the molecule is CCOc1ccc(C)c(O)c1C. The molecule has 0 amide bonds. The van der Waals surface area contributed by atoms with E-state index in [1.54, 1.807) is 0 Å². The predicted molar refractivity (Wildman–Crippen MR) is 48.7 cm³/mol. The van der Waals surface area contributed by atoms with Crippen LogP contribution in [0.15, 0.2) is 12.1 Å². The fourth-order valence-electron chi connectivity index (χ4n) is 1.13. The van der Waals surface area contributed by atoms with Crippen molar-refractivity contribution in [3.05, 3.63) is 23.3 Å². The molecule has 0 aliphatic carbocycles. The summed E-state index contributed by atoms with van der Waals surface area (Å²) in [7, 11) is 0. The summed E-state index contributed by atoms with van der Waals surface area (Å²) in [6.45, 7) is 6.28. The number of phenolic OH excluding ortho intramolecular Hbond substituents is 1. The summed E-state index contributed by atoms with van der Waals surface area (Å²) in [6, 6.07) is 3.74. The highest BCUT2D eigenvalue weighted by atomic mass is 16.5. The molecule has 2 heteroatoms. The predicted octanol–water partition coefficient (Wildman–Crippen LogP) is 2.41. The molecule has 0 saturated heterocycles. The molecule has 0 aliphatic heterocycles. The molecular weight excluding hydrogens is 152 g/mol. The van der Waals surface area contributed by atoms with Gasteiger partial charge in [0.25, 0.3) is 0 Å². The zero-order chi connectivity index (χ0) is 9.14. The number of rotatable bonds is 2. The van der Waals surface area contributed by atoms with Crippen LogP contribution >= 0.6 is 0 Å². The van der Waals surface area contributed by atoms with Gasteiger partial charge in [-0.15, -0.1) is 0 Å². The quantitative estimate of drug-likeness (QED) is 0.731. The average molecular weight is 166 g/mol. The summed E-state index contributed by atoms with van der Waals surface area (Å²) < 4.78 is 5.31. The number of hydrogen-bond donors (Lipinski definition) is 1. The van der Waals surface area contributed by atoms with Crippen LogP contribution in [0.2, 0.25) is 0 Å². The highest BCUT2D eigenvalue weighted by molar-refractivity contribution is 5.47. The smallest absolute Gasteiger partial charge is 0.125 e. The lowest BCUT2D eigenvalue weighted by atomic mass is 10.1. The Morgan fingerprint density at radius 1 is 1.33 bits per heavy atom. The number of benzene rings is 1. The van der Waals surface area contributed by atoms with Gasteiger partial charge in [-0.2, -0.15) is 0 Å². The Kier molecular flexibility index (Phi) is 2.58. The molecule has 0 aliphatic rings. The van der Waals surface area contributed by atoms with Crippen LogP contribution in [0.25, 0.3) is 0 Å². The Balaban J connectivity index is 3.08. The molecule has 0 fully saturated rings. The summed E-state index contributed by atoms with van der Waals surface area (Å²) in [6.07, 6.45) is 0. The first-order valence-electron chi connectivity index (χ1n) is 4.08. The van der Waals surface area contributed by atoms with Crippen LogP contribution in [-0.4, -0.2) is 11.7 Å². The Labute approximate surface area is 72.8 Å². The van der Waals surface area contributed by atoms with E-state index in [2.05, 4.69) is 0 Å². The van der Waals surface area contributed by atoms with Crippen LogP contribution in [0.1, 0.15) is 18.1 Å². The molecule has 0 bridgehead atoms. The number of aromatic hydroxyl groups is 1. The van der Waals surface area contributed by atoms with Gasteiger partial charge < -0.3 is 9.84 Å². The third-order valence-corrected chi connectivity index (χ3v) is 1.88.